The van der Waals surface area contributed by atoms with Crippen LogP contribution in [0.3, 0.4) is 0 Å². The molecule has 162 valence electrons. The highest BCUT2D eigenvalue weighted by Crippen LogP contribution is 2.38. The summed E-state index contributed by atoms with van der Waals surface area (Å²) in [5.41, 5.74) is 3.81. The highest BCUT2D eigenvalue weighted by molar-refractivity contribution is 6.36. The normalized spacial score (nSPS) is 16.2. The van der Waals surface area contributed by atoms with Gasteiger partial charge in [0.2, 0.25) is 0 Å². The monoisotopic (exact) mass is 420 g/mol. The van der Waals surface area contributed by atoms with Gasteiger partial charge in [0.25, 0.3) is 11.8 Å². The first-order valence-corrected chi connectivity index (χ1v) is 10.8. The van der Waals surface area contributed by atoms with Crippen LogP contribution < -0.4 is 9.64 Å². The SMILES string of the molecule is CCCOc1ccc(C2=C(N3CCCc4ccccc43)C(=O)N(CCOC)C2=O)cc1. The molecule has 6 heteroatoms. The Bertz CT molecular complexity index is 997. The van der Waals surface area contributed by atoms with Gasteiger partial charge in [0.05, 0.1) is 25.3 Å². The highest BCUT2D eigenvalue weighted by atomic mass is 16.5. The zero-order valence-electron chi connectivity index (χ0n) is 18.1. The maximum atomic E-state index is 13.4. The van der Waals surface area contributed by atoms with Crippen LogP contribution in [-0.4, -0.2) is 50.1 Å². The van der Waals surface area contributed by atoms with Crippen LogP contribution in [-0.2, 0) is 20.7 Å². The maximum absolute atomic E-state index is 13.4. The second-order valence-corrected chi connectivity index (χ2v) is 7.74. The standard InChI is InChI=1S/C25H28N2O4/c1-3-16-31-20-12-10-19(11-13-20)22-23(25(29)27(24(22)28)15-17-30-2)26-14-6-8-18-7-4-5-9-21(18)26/h4-5,7,9-13H,3,6,8,14-17H2,1-2H3. The molecular weight excluding hydrogens is 392 g/mol. The molecule has 0 fully saturated rings. The third-order valence-corrected chi connectivity index (χ3v) is 5.66. The lowest BCUT2D eigenvalue weighted by Gasteiger charge is -2.32. The summed E-state index contributed by atoms with van der Waals surface area (Å²) in [6.07, 6.45) is 2.82. The Balaban J connectivity index is 1.78. The largest absolute Gasteiger partial charge is 0.494 e. The van der Waals surface area contributed by atoms with Crippen LogP contribution in [0.4, 0.5) is 5.69 Å². The third-order valence-electron chi connectivity index (χ3n) is 5.66. The van der Waals surface area contributed by atoms with E-state index in [1.807, 2.05) is 47.4 Å². The average molecular weight is 421 g/mol. The minimum atomic E-state index is -0.276. The van der Waals surface area contributed by atoms with E-state index in [0.29, 0.717) is 31.0 Å². The number of fused-ring (bicyclic) bond motifs is 1. The van der Waals surface area contributed by atoms with Gasteiger partial charge in [0, 0.05) is 19.3 Å². The Labute approximate surface area is 183 Å². The number of ether oxygens (including phenoxy) is 2. The van der Waals surface area contributed by atoms with Gasteiger partial charge in [-0.2, -0.15) is 0 Å². The average Bonchev–Trinajstić information content (AvgIpc) is 3.05. The Morgan fingerprint density at radius 3 is 2.48 bits per heavy atom. The van der Waals surface area contributed by atoms with E-state index in [9.17, 15) is 9.59 Å². The van der Waals surface area contributed by atoms with Crippen molar-refractivity contribution in [2.45, 2.75) is 26.2 Å². The number of benzene rings is 2. The topological polar surface area (TPSA) is 59.1 Å². The molecule has 2 heterocycles. The number of rotatable bonds is 8. The van der Waals surface area contributed by atoms with E-state index in [-0.39, 0.29) is 18.4 Å². The summed E-state index contributed by atoms with van der Waals surface area (Å²) in [6.45, 7) is 3.93. The maximum Gasteiger partial charge on any atom is 0.278 e. The second kappa shape index (κ2) is 9.35. The van der Waals surface area contributed by atoms with Crippen LogP contribution in [0.25, 0.3) is 5.57 Å². The van der Waals surface area contributed by atoms with E-state index in [4.69, 9.17) is 9.47 Å². The van der Waals surface area contributed by atoms with Crippen molar-refractivity contribution in [3.05, 3.63) is 65.4 Å². The predicted octanol–water partition coefficient (Wildman–Crippen LogP) is 3.65. The van der Waals surface area contributed by atoms with Crippen molar-refractivity contribution in [2.24, 2.45) is 0 Å². The second-order valence-electron chi connectivity index (χ2n) is 7.74. The molecular formula is C25H28N2O4. The third kappa shape index (κ3) is 4.08. The number of aryl methyl sites for hydroxylation is 1. The molecule has 0 unspecified atom stereocenters. The van der Waals surface area contributed by atoms with E-state index in [2.05, 4.69) is 13.0 Å². The highest BCUT2D eigenvalue weighted by Gasteiger charge is 2.42. The Morgan fingerprint density at radius 1 is 0.968 bits per heavy atom. The molecule has 0 saturated carbocycles. The molecule has 2 aliphatic rings. The van der Waals surface area contributed by atoms with E-state index >= 15 is 0 Å². The molecule has 0 saturated heterocycles. The molecule has 0 aliphatic carbocycles. The van der Waals surface area contributed by atoms with Crippen molar-refractivity contribution in [1.82, 2.24) is 4.90 Å². The van der Waals surface area contributed by atoms with Crippen molar-refractivity contribution in [1.29, 1.82) is 0 Å². The van der Waals surface area contributed by atoms with Gasteiger partial charge in [0.1, 0.15) is 11.4 Å². The van der Waals surface area contributed by atoms with Crippen LogP contribution in [0.2, 0.25) is 0 Å². The van der Waals surface area contributed by atoms with Gasteiger partial charge in [-0.25, -0.2) is 0 Å². The van der Waals surface area contributed by atoms with Crippen LogP contribution in [0.1, 0.15) is 30.9 Å². The summed E-state index contributed by atoms with van der Waals surface area (Å²) < 4.78 is 10.8. The van der Waals surface area contributed by atoms with E-state index < -0.39 is 0 Å². The summed E-state index contributed by atoms with van der Waals surface area (Å²) in [5.74, 6) is 0.214. The lowest BCUT2D eigenvalue weighted by Crippen LogP contribution is -2.38. The number of methoxy groups -OCH3 is 1. The number of imide groups is 1. The van der Waals surface area contributed by atoms with Crippen LogP contribution in [0, 0.1) is 0 Å². The van der Waals surface area contributed by atoms with Gasteiger partial charge in [-0.05, 0) is 48.6 Å². The first-order chi connectivity index (χ1) is 15.2. The Kier molecular flexibility index (Phi) is 6.37. The minimum absolute atomic E-state index is 0.231. The quantitative estimate of drug-likeness (QED) is 0.610. The molecule has 0 aromatic heterocycles. The van der Waals surface area contributed by atoms with Crippen molar-refractivity contribution < 1.29 is 19.1 Å². The number of para-hydroxylation sites is 1. The van der Waals surface area contributed by atoms with Gasteiger partial charge in [-0.15, -0.1) is 0 Å². The fourth-order valence-corrected chi connectivity index (χ4v) is 4.16. The van der Waals surface area contributed by atoms with Gasteiger partial charge in [0.15, 0.2) is 0 Å². The summed E-state index contributed by atoms with van der Waals surface area (Å²) in [5, 5.41) is 0. The van der Waals surface area contributed by atoms with Crippen molar-refractivity contribution in [3.8, 4) is 5.75 Å². The Morgan fingerprint density at radius 2 is 1.74 bits per heavy atom. The number of hydrogen-bond donors (Lipinski definition) is 0. The van der Waals surface area contributed by atoms with Gasteiger partial charge in [-0.3, -0.25) is 14.5 Å². The zero-order valence-corrected chi connectivity index (χ0v) is 18.1. The summed E-state index contributed by atoms with van der Waals surface area (Å²) in [6, 6.07) is 15.5. The molecule has 0 N–H and O–H groups in total. The number of carbonyl (C=O) groups is 2. The number of anilines is 1. The minimum Gasteiger partial charge on any atom is -0.494 e. The molecule has 4 rings (SSSR count). The molecule has 0 spiro atoms. The zero-order chi connectivity index (χ0) is 21.8. The first-order valence-electron chi connectivity index (χ1n) is 10.8. The van der Waals surface area contributed by atoms with Gasteiger partial charge < -0.3 is 14.4 Å². The lowest BCUT2D eigenvalue weighted by molar-refractivity contribution is -0.137. The van der Waals surface area contributed by atoms with E-state index in [0.717, 1.165) is 36.3 Å². The first kappa shape index (κ1) is 21.1. The molecule has 0 bridgehead atoms. The van der Waals surface area contributed by atoms with Crippen molar-refractivity contribution in [2.75, 3.05) is 38.3 Å². The molecule has 6 nitrogen and oxygen atoms in total. The van der Waals surface area contributed by atoms with Crippen molar-refractivity contribution in [3.63, 3.8) is 0 Å². The number of amides is 2. The van der Waals surface area contributed by atoms with Gasteiger partial charge in [-0.1, -0.05) is 37.3 Å². The molecule has 2 amide bonds. The van der Waals surface area contributed by atoms with Crippen LogP contribution >= 0.6 is 0 Å². The number of hydrogen-bond acceptors (Lipinski definition) is 5. The molecule has 0 radical (unpaired) electrons. The molecule has 0 atom stereocenters. The fraction of sp³-hybridized carbons (Fsp3) is 0.360. The van der Waals surface area contributed by atoms with Gasteiger partial charge >= 0.3 is 0 Å². The molecule has 2 aliphatic heterocycles. The van der Waals surface area contributed by atoms with Crippen LogP contribution in [0.5, 0.6) is 5.75 Å². The van der Waals surface area contributed by atoms with E-state index in [1.165, 1.54) is 10.5 Å². The Hall–Kier alpha value is -3.12. The van der Waals surface area contributed by atoms with Crippen molar-refractivity contribution >= 4 is 23.1 Å². The summed E-state index contributed by atoms with van der Waals surface area (Å²) in [7, 11) is 1.57. The number of nitrogens with zero attached hydrogens (tertiary/aromatic N) is 2. The molecule has 2 aromatic carbocycles. The van der Waals surface area contributed by atoms with Crippen LogP contribution in [0.15, 0.2) is 54.2 Å². The lowest BCUT2D eigenvalue weighted by atomic mass is 9.98. The fourth-order valence-electron chi connectivity index (χ4n) is 4.16. The molecule has 31 heavy (non-hydrogen) atoms. The number of carbonyl (C=O) groups excluding carboxylic acids is 2. The summed E-state index contributed by atoms with van der Waals surface area (Å²) in [4.78, 5) is 30.1. The van der Waals surface area contributed by atoms with E-state index in [1.54, 1.807) is 7.11 Å². The molecule has 2 aromatic rings. The smallest absolute Gasteiger partial charge is 0.278 e. The predicted molar refractivity (Wildman–Crippen MR) is 120 cm³/mol. The summed E-state index contributed by atoms with van der Waals surface area (Å²) >= 11 is 0.